The van der Waals surface area contributed by atoms with Gasteiger partial charge in [-0.1, -0.05) is 12.8 Å². The van der Waals surface area contributed by atoms with E-state index in [9.17, 15) is 9.59 Å². The van der Waals surface area contributed by atoms with Crippen LogP contribution in [-0.4, -0.2) is 35.1 Å². The average molecular weight is 295 g/mol. The first-order valence-corrected chi connectivity index (χ1v) is 7.19. The van der Waals surface area contributed by atoms with Crippen molar-refractivity contribution in [2.75, 3.05) is 19.0 Å². The molecule has 2 rings (SSSR count). The van der Waals surface area contributed by atoms with E-state index in [1.54, 1.807) is 13.1 Å². The first-order valence-electron chi connectivity index (χ1n) is 7.19. The number of amides is 1. The molecule has 1 aliphatic rings. The van der Waals surface area contributed by atoms with E-state index < -0.39 is 5.97 Å². The third-order valence-corrected chi connectivity index (χ3v) is 3.48. The zero-order valence-electron chi connectivity index (χ0n) is 12.4. The van der Waals surface area contributed by atoms with Gasteiger partial charge in [-0.2, -0.15) is 0 Å². The predicted octanol–water partition coefficient (Wildman–Crippen LogP) is 1.79. The van der Waals surface area contributed by atoms with Gasteiger partial charge in [-0.05, 0) is 19.8 Å². The van der Waals surface area contributed by atoms with Crippen LogP contribution in [0.4, 0.5) is 5.82 Å². The molecule has 0 bridgehead atoms. The van der Waals surface area contributed by atoms with E-state index in [1.165, 1.54) is 11.7 Å². The van der Waals surface area contributed by atoms with Crippen molar-refractivity contribution in [1.82, 2.24) is 9.55 Å². The number of rotatable bonds is 6. The SMILES string of the molecule is CCOC(=O)c1nc(NC(=O)C2CCCC2)cn1COC. The summed E-state index contributed by atoms with van der Waals surface area (Å²) in [6, 6.07) is 0. The van der Waals surface area contributed by atoms with Gasteiger partial charge in [0.05, 0.1) is 12.8 Å². The van der Waals surface area contributed by atoms with E-state index in [0.717, 1.165) is 25.7 Å². The molecule has 1 amide bonds. The van der Waals surface area contributed by atoms with Crippen LogP contribution in [0.3, 0.4) is 0 Å². The van der Waals surface area contributed by atoms with Gasteiger partial charge in [-0.25, -0.2) is 9.78 Å². The number of ether oxygens (including phenoxy) is 2. The highest BCUT2D eigenvalue weighted by atomic mass is 16.5. The van der Waals surface area contributed by atoms with E-state index >= 15 is 0 Å². The second-order valence-electron chi connectivity index (χ2n) is 5.03. The van der Waals surface area contributed by atoms with Crippen molar-refractivity contribution in [1.29, 1.82) is 0 Å². The van der Waals surface area contributed by atoms with Crippen molar-refractivity contribution in [2.24, 2.45) is 5.92 Å². The largest absolute Gasteiger partial charge is 0.460 e. The molecule has 1 heterocycles. The number of carbonyl (C=O) groups excluding carboxylic acids is 2. The Morgan fingerprint density at radius 3 is 2.76 bits per heavy atom. The number of hydrogen-bond donors (Lipinski definition) is 1. The zero-order valence-corrected chi connectivity index (χ0v) is 12.4. The van der Waals surface area contributed by atoms with Crippen LogP contribution in [0, 0.1) is 5.92 Å². The molecule has 1 aromatic heterocycles. The van der Waals surface area contributed by atoms with Gasteiger partial charge in [0.2, 0.25) is 11.7 Å². The predicted molar refractivity (Wildman–Crippen MR) is 75.8 cm³/mol. The van der Waals surface area contributed by atoms with Crippen LogP contribution < -0.4 is 5.32 Å². The number of nitrogens with zero attached hydrogens (tertiary/aromatic N) is 2. The van der Waals surface area contributed by atoms with Gasteiger partial charge < -0.3 is 14.8 Å². The molecule has 0 radical (unpaired) electrons. The van der Waals surface area contributed by atoms with E-state index in [0.29, 0.717) is 5.82 Å². The van der Waals surface area contributed by atoms with Crippen molar-refractivity contribution in [3.8, 4) is 0 Å². The lowest BCUT2D eigenvalue weighted by Crippen LogP contribution is -2.20. The van der Waals surface area contributed by atoms with Crippen molar-refractivity contribution >= 4 is 17.7 Å². The molecule has 0 spiro atoms. The first-order chi connectivity index (χ1) is 10.2. The number of hydrogen-bond acceptors (Lipinski definition) is 5. The van der Waals surface area contributed by atoms with Crippen LogP contribution in [0.2, 0.25) is 0 Å². The normalized spacial score (nSPS) is 15.1. The highest BCUT2D eigenvalue weighted by Gasteiger charge is 2.24. The summed E-state index contributed by atoms with van der Waals surface area (Å²) in [6.07, 6.45) is 5.59. The maximum absolute atomic E-state index is 12.1. The molecule has 0 atom stereocenters. The Morgan fingerprint density at radius 1 is 1.43 bits per heavy atom. The van der Waals surface area contributed by atoms with Gasteiger partial charge in [0, 0.05) is 13.0 Å². The van der Waals surface area contributed by atoms with Crippen LogP contribution in [0.5, 0.6) is 0 Å². The van der Waals surface area contributed by atoms with Crippen molar-refractivity contribution in [2.45, 2.75) is 39.3 Å². The molecule has 0 aliphatic heterocycles. The monoisotopic (exact) mass is 295 g/mol. The fourth-order valence-corrected chi connectivity index (χ4v) is 2.49. The molecular formula is C14H21N3O4. The minimum Gasteiger partial charge on any atom is -0.460 e. The topological polar surface area (TPSA) is 82.5 Å². The number of imidazole rings is 1. The summed E-state index contributed by atoms with van der Waals surface area (Å²) in [5, 5.41) is 2.77. The molecule has 116 valence electrons. The summed E-state index contributed by atoms with van der Waals surface area (Å²) in [5.74, 6) is -0.0445. The van der Waals surface area contributed by atoms with Gasteiger partial charge in [0.1, 0.15) is 6.73 Å². The minimum atomic E-state index is -0.532. The molecular weight excluding hydrogens is 274 g/mol. The standard InChI is InChI=1S/C14H21N3O4/c1-3-21-14(19)12-15-11(8-17(12)9-20-2)16-13(18)10-6-4-5-7-10/h8,10H,3-7,9H2,1-2H3,(H,16,18). The highest BCUT2D eigenvalue weighted by Crippen LogP contribution is 2.25. The summed E-state index contributed by atoms with van der Waals surface area (Å²) in [5.41, 5.74) is 0. The van der Waals surface area contributed by atoms with Gasteiger partial charge in [-0.3, -0.25) is 9.36 Å². The second kappa shape index (κ2) is 7.21. The lowest BCUT2D eigenvalue weighted by Gasteiger charge is -2.07. The van der Waals surface area contributed by atoms with Crippen LogP contribution >= 0.6 is 0 Å². The number of anilines is 1. The summed E-state index contributed by atoms with van der Waals surface area (Å²) in [7, 11) is 1.52. The molecule has 1 aromatic rings. The summed E-state index contributed by atoms with van der Waals surface area (Å²) in [6.45, 7) is 2.16. The molecule has 1 fully saturated rings. The Labute approximate surface area is 123 Å². The van der Waals surface area contributed by atoms with Gasteiger partial charge in [-0.15, -0.1) is 0 Å². The van der Waals surface area contributed by atoms with Crippen LogP contribution in [0.1, 0.15) is 43.2 Å². The van der Waals surface area contributed by atoms with E-state index in [1.807, 2.05) is 0 Å². The van der Waals surface area contributed by atoms with E-state index in [2.05, 4.69) is 10.3 Å². The summed E-state index contributed by atoms with van der Waals surface area (Å²) >= 11 is 0. The first kappa shape index (κ1) is 15.5. The number of esters is 1. The molecule has 7 heteroatoms. The number of aromatic nitrogens is 2. The van der Waals surface area contributed by atoms with Crippen molar-refractivity contribution in [3.05, 3.63) is 12.0 Å². The van der Waals surface area contributed by atoms with Gasteiger partial charge in [0.25, 0.3) is 0 Å². The number of methoxy groups -OCH3 is 1. The third-order valence-electron chi connectivity index (χ3n) is 3.48. The van der Waals surface area contributed by atoms with Crippen molar-refractivity contribution in [3.63, 3.8) is 0 Å². The molecule has 0 unspecified atom stereocenters. The molecule has 0 saturated heterocycles. The van der Waals surface area contributed by atoms with Crippen LogP contribution in [0.15, 0.2) is 6.20 Å². The highest BCUT2D eigenvalue weighted by molar-refractivity contribution is 5.93. The fourth-order valence-electron chi connectivity index (χ4n) is 2.49. The third kappa shape index (κ3) is 3.81. The summed E-state index contributed by atoms with van der Waals surface area (Å²) in [4.78, 5) is 28.0. The lowest BCUT2D eigenvalue weighted by atomic mass is 10.1. The maximum Gasteiger partial charge on any atom is 0.374 e. The summed E-state index contributed by atoms with van der Waals surface area (Å²) < 4.78 is 11.5. The van der Waals surface area contributed by atoms with Crippen molar-refractivity contribution < 1.29 is 19.1 Å². The van der Waals surface area contributed by atoms with E-state index in [4.69, 9.17) is 9.47 Å². The number of nitrogens with one attached hydrogen (secondary N) is 1. The maximum atomic E-state index is 12.1. The Hall–Kier alpha value is -1.89. The minimum absolute atomic E-state index is 0.0371. The fraction of sp³-hybridized carbons (Fsp3) is 0.643. The Balaban J connectivity index is 2.10. The smallest absolute Gasteiger partial charge is 0.374 e. The van der Waals surface area contributed by atoms with Gasteiger partial charge >= 0.3 is 5.97 Å². The molecule has 1 saturated carbocycles. The molecule has 7 nitrogen and oxygen atoms in total. The molecule has 0 aromatic carbocycles. The Morgan fingerprint density at radius 2 is 2.14 bits per heavy atom. The van der Waals surface area contributed by atoms with E-state index in [-0.39, 0.29) is 31.0 Å². The quantitative estimate of drug-likeness (QED) is 0.809. The molecule has 1 N–H and O–H groups in total. The number of carbonyl (C=O) groups is 2. The second-order valence-corrected chi connectivity index (χ2v) is 5.03. The Kier molecular flexibility index (Phi) is 5.32. The lowest BCUT2D eigenvalue weighted by molar-refractivity contribution is -0.119. The Bertz CT molecular complexity index is 506. The van der Waals surface area contributed by atoms with Crippen LogP contribution in [-0.2, 0) is 21.0 Å². The van der Waals surface area contributed by atoms with Gasteiger partial charge in [0.15, 0.2) is 5.82 Å². The average Bonchev–Trinajstić information content (AvgIpc) is 3.09. The molecule has 1 aliphatic carbocycles. The molecule has 21 heavy (non-hydrogen) atoms. The van der Waals surface area contributed by atoms with Crippen LogP contribution in [0.25, 0.3) is 0 Å². The zero-order chi connectivity index (χ0) is 15.2.